The second-order valence-electron chi connectivity index (χ2n) is 2.69. The maximum atomic E-state index is 10.5. The smallest absolute Gasteiger partial charge is 0.414 e. The van der Waals surface area contributed by atoms with Gasteiger partial charge in [-0.2, -0.15) is 0 Å². The first-order chi connectivity index (χ1) is 6.95. The number of hydrogen-bond donors (Lipinski definition) is 4. The van der Waals surface area contributed by atoms with E-state index >= 15 is 0 Å². The van der Waals surface area contributed by atoms with E-state index in [4.69, 9.17) is 25.5 Å². The number of piperazine rings is 1. The zero-order valence-corrected chi connectivity index (χ0v) is 7.97. The van der Waals surface area contributed by atoms with Crippen LogP contribution in [0, 0.1) is 0 Å². The number of aliphatic carboxylic acids is 2. The van der Waals surface area contributed by atoms with Crippen LogP contribution < -0.4 is 11.1 Å². The minimum atomic E-state index is -1.82. The van der Waals surface area contributed by atoms with Crippen molar-refractivity contribution in [3.8, 4) is 0 Å². The van der Waals surface area contributed by atoms with Gasteiger partial charge in [0.15, 0.2) is 0 Å². The number of hydrogen-bond acceptors (Lipinski definition) is 4. The van der Waals surface area contributed by atoms with Gasteiger partial charge in [-0.1, -0.05) is 0 Å². The molecule has 0 unspecified atom stereocenters. The number of rotatable bonds is 0. The summed E-state index contributed by atoms with van der Waals surface area (Å²) in [5, 5.41) is 17.9. The predicted molar refractivity (Wildman–Crippen MR) is 49.3 cm³/mol. The van der Waals surface area contributed by atoms with Gasteiger partial charge in [0, 0.05) is 26.2 Å². The average Bonchev–Trinajstić information content (AvgIpc) is 2.20. The largest absolute Gasteiger partial charge is 0.473 e. The molecule has 0 aromatic heterocycles. The predicted octanol–water partition coefficient (Wildman–Crippen LogP) is -1.87. The molecule has 1 aliphatic heterocycles. The van der Waals surface area contributed by atoms with Gasteiger partial charge in [0.2, 0.25) is 0 Å². The summed E-state index contributed by atoms with van der Waals surface area (Å²) in [6.45, 7) is 3.22. The van der Waals surface area contributed by atoms with Gasteiger partial charge < -0.3 is 26.2 Å². The third-order valence-electron chi connectivity index (χ3n) is 1.61. The summed E-state index contributed by atoms with van der Waals surface area (Å²) < 4.78 is 0. The van der Waals surface area contributed by atoms with Gasteiger partial charge in [-0.3, -0.25) is 0 Å². The third kappa shape index (κ3) is 6.27. The van der Waals surface area contributed by atoms with Gasteiger partial charge in [0.05, 0.1) is 0 Å². The Morgan fingerprint density at radius 1 is 1.07 bits per heavy atom. The number of nitrogens with zero attached hydrogens (tertiary/aromatic N) is 1. The lowest BCUT2D eigenvalue weighted by Gasteiger charge is -2.25. The van der Waals surface area contributed by atoms with Crippen molar-refractivity contribution in [3.05, 3.63) is 0 Å². The van der Waals surface area contributed by atoms with Crippen LogP contribution in [0.4, 0.5) is 4.79 Å². The van der Waals surface area contributed by atoms with Crippen LogP contribution in [0.1, 0.15) is 0 Å². The Morgan fingerprint density at radius 2 is 1.47 bits per heavy atom. The molecule has 8 heteroatoms. The second-order valence-corrected chi connectivity index (χ2v) is 2.69. The fraction of sp³-hybridized carbons (Fsp3) is 0.571. The van der Waals surface area contributed by atoms with Crippen molar-refractivity contribution in [1.82, 2.24) is 10.2 Å². The first-order valence-electron chi connectivity index (χ1n) is 4.16. The van der Waals surface area contributed by atoms with Crippen LogP contribution >= 0.6 is 0 Å². The van der Waals surface area contributed by atoms with Crippen molar-refractivity contribution in [3.63, 3.8) is 0 Å². The molecule has 1 aliphatic rings. The van der Waals surface area contributed by atoms with E-state index in [0.29, 0.717) is 0 Å². The SMILES string of the molecule is NC(=O)N1CCNCC1.O=C(O)C(=O)O. The highest BCUT2D eigenvalue weighted by Gasteiger charge is 2.11. The number of amides is 2. The van der Waals surface area contributed by atoms with Crippen LogP contribution in [0.3, 0.4) is 0 Å². The quantitative estimate of drug-likeness (QED) is 0.352. The number of nitrogens with two attached hydrogens (primary N) is 1. The van der Waals surface area contributed by atoms with Crippen molar-refractivity contribution in [1.29, 1.82) is 0 Å². The fourth-order valence-electron chi connectivity index (χ4n) is 0.885. The number of carbonyl (C=O) groups is 3. The number of primary amides is 1. The van der Waals surface area contributed by atoms with Crippen LogP contribution in [-0.2, 0) is 9.59 Å². The topological polar surface area (TPSA) is 133 Å². The first kappa shape index (κ1) is 13.2. The number of urea groups is 1. The van der Waals surface area contributed by atoms with Crippen molar-refractivity contribution < 1.29 is 24.6 Å². The Morgan fingerprint density at radius 3 is 1.67 bits per heavy atom. The summed E-state index contributed by atoms with van der Waals surface area (Å²) in [4.78, 5) is 30.3. The van der Waals surface area contributed by atoms with Crippen molar-refractivity contribution in [2.45, 2.75) is 0 Å². The Kier molecular flexibility index (Phi) is 5.79. The van der Waals surface area contributed by atoms with E-state index in [0.717, 1.165) is 26.2 Å². The Balaban J connectivity index is 0.000000288. The number of nitrogens with one attached hydrogen (secondary N) is 1. The van der Waals surface area contributed by atoms with Gasteiger partial charge in [-0.25, -0.2) is 14.4 Å². The highest BCUT2D eigenvalue weighted by atomic mass is 16.4. The molecular weight excluding hydrogens is 206 g/mol. The zero-order valence-electron chi connectivity index (χ0n) is 7.97. The molecule has 1 saturated heterocycles. The van der Waals surface area contributed by atoms with Gasteiger partial charge in [0.25, 0.3) is 0 Å². The molecule has 1 fully saturated rings. The molecule has 0 radical (unpaired) electrons. The van der Waals surface area contributed by atoms with Crippen LogP contribution in [0.2, 0.25) is 0 Å². The van der Waals surface area contributed by atoms with E-state index in [1.807, 2.05) is 0 Å². The molecule has 1 heterocycles. The van der Waals surface area contributed by atoms with E-state index in [1.165, 1.54) is 0 Å². The lowest BCUT2D eigenvalue weighted by atomic mass is 10.4. The molecule has 0 bridgehead atoms. The average molecular weight is 219 g/mol. The van der Waals surface area contributed by atoms with Crippen LogP contribution in [0.25, 0.3) is 0 Å². The van der Waals surface area contributed by atoms with E-state index in [-0.39, 0.29) is 6.03 Å². The molecule has 0 saturated carbocycles. The van der Waals surface area contributed by atoms with Gasteiger partial charge in [-0.05, 0) is 0 Å². The van der Waals surface area contributed by atoms with Crippen molar-refractivity contribution in [2.75, 3.05) is 26.2 Å². The molecular formula is C7H13N3O5. The summed E-state index contributed by atoms with van der Waals surface area (Å²) in [6, 6.07) is -0.309. The summed E-state index contributed by atoms with van der Waals surface area (Å²) in [7, 11) is 0. The summed E-state index contributed by atoms with van der Waals surface area (Å²) in [5.41, 5.74) is 5.03. The molecule has 5 N–H and O–H groups in total. The molecule has 0 aliphatic carbocycles. The maximum Gasteiger partial charge on any atom is 0.414 e. The van der Waals surface area contributed by atoms with Crippen LogP contribution in [0.5, 0.6) is 0 Å². The van der Waals surface area contributed by atoms with Crippen molar-refractivity contribution in [2.24, 2.45) is 5.73 Å². The van der Waals surface area contributed by atoms with Gasteiger partial charge in [0.1, 0.15) is 0 Å². The monoisotopic (exact) mass is 219 g/mol. The number of carboxylic acid groups (broad SMARTS) is 2. The molecule has 86 valence electrons. The normalized spacial score (nSPS) is 14.8. The third-order valence-corrected chi connectivity index (χ3v) is 1.61. The lowest BCUT2D eigenvalue weighted by Crippen LogP contribution is -2.48. The molecule has 8 nitrogen and oxygen atoms in total. The molecule has 15 heavy (non-hydrogen) atoms. The molecule has 0 aromatic carbocycles. The number of carboxylic acids is 2. The first-order valence-corrected chi connectivity index (χ1v) is 4.16. The maximum absolute atomic E-state index is 10.5. The zero-order chi connectivity index (χ0) is 11.8. The minimum absolute atomic E-state index is 0.309. The Labute approximate surface area is 85.7 Å². The summed E-state index contributed by atoms with van der Waals surface area (Å²) in [6.07, 6.45) is 0. The Hall–Kier alpha value is -1.83. The second kappa shape index (κ2) is 6.60. The van der Waals surface area contributed by atoms with Crippen molar-refractivity contribution >= 4 is 18.0 Å². The molecule has 0 spiro atoms. The minimum Gasteiger partial charge on any atom is -0.473 e. The van der Waals surface area contributed by atoms with E-state index in [9.17, 15) is 4.79 Å². The molecule has 0 atom stereocenters. The van der Waals surface area contributed by atoms with E-state index in [1.54, 1.807) is 4.90 Å². The lowest BCUT2D eigenvalue weighted by molar-refractivity contribution is -0.159. The van der Waals surface area contributed by atoms with Gasteiger partial charge in [-0.15, -0.1) is 0 Å². The molecule has 0 aromatic rings. The van der Waals surface area contributed by atoms with E-state index < -0.39 is 11.9 Å². The number of carbonyl (C=O) groups excluding carboxylic acids is 1. The van der Waals surface area contributed by atoms with Crippen LogP contribution in [0.15, 0.2) is 0 Å². The van der Waals surface area contributed by atoms with Crippen LogP contribution in [-0.4, -0.2) is 59.3 Å². The van der Waals surface area contributed by atoms with Gasteiger partial charge >= 0.3 is 18.0 Å². The fourth-order valence-corrected chi connectivity index (χ4v) is 0.885. The summed E-state index contributed by atoms with van der Waals surface area (Å²) in [5.74, 6) is -3.65. The highest BCUT2D eigenvalue weighted by Crippen LogP contribution is 1.89. The molecule has 1 rings (SSSR count). The standard InChI is InChI=1S/C5H11N3O.C2H2O4/c6-5(9)8-3-1-7-2-4-8;3-1(4)2(5)6/h7H,1-4H2,(H2,6,9);(H,3,4)(H,5,6). The Bertz CT molecular complexity index is 237. The molecule has 2 amide bonds. The summed E-state index contributed by atoms with van der Waals surface area (Å²) >= 11 is 0. The highest BCUT2D eigenvalue weighted by molar-refractivity contribution is 6.27. The van der Waals surface area contributed by atoms with E-state index in [2.05, 4.69) is 5.32 Å².